The summed E-state index contributed by atoms with van der Waals surface area (Å²) in [7, 11) is -3.64. The van der Waals surface area contributed by atoms with E-state index in [2.05, 4.69) is 15.4 Å². The molecule has 0 radical (unpaired) electrons. The Labute approximate surface area is 184 Å². The minimum atomic E-state index is -3.64. The van der Waals surface area contributed by atoms with Crippen molar-refractivity contribution >= 4 is 15.9 Å². The van der Waals surface area contributed by atoms with Crippen molar-refractivity contribution in [1.82, 2.24) is 19.7 Å². The fourth-order valence-electron chi connectivity index (χ4n) is 7.10. The molecule has 5 fully saturated rings. The van der Waals surface area contributed by atoms with Crippen LogP contribution < -0.4 is 5.32 Å². The maximum Gasteiger partial charge on any atom is 0.248 e. The number of sulfonamides is 1. The summed E-state index contributed by atoms with van der Waals surface area (Å²) >= 11 is 0. The van der Waals surface area contributed by atoms with Crippen LogP contribution >= 0.6 is 0 Å². The molecule has 1 atom stereocenters. The van der Waals surface area contributed by atoms with Crippen molar-refractivity contribution in [2.75, 3.05) is 26.2 Å². The third-order valence-corrected chi connectivity index (χ3v) is 10.3. The molecule has 31 heavy (non-hydrogen) atoms. The molecule has 1 N–H and O–H groups in total. The number of hydrogen-bond donors (Lipinski definition) is 1. The molecule has 9 heteroatoms. The van der Waals surface area contributed by atoms with Gasteiger partial charge in [0, 0.05) is 31.7 Å². The molecule has 172 valence electrons. The molecule has 0 spiro atoms. The van der Waals surface area contributed by atoms with Crippen LogP contribution in [-0.2, 0) is 14.8 Å². The van der Waals surface area contributed by atoms with Crippen molar-refractivity contribution in [1.29, 1.82) is 0 Å². The average molecular weight is 451 g/mol. The second-order valence-corrected chi connectivity index (χ2v) is 12.3. The molecule has 1 saturated heterocycles. The first kappa shape index (κ1) is 21.4. The van der Waals surface area contributed by atoms with E-state index in [0.717, 1.165) is 37.0 Å². The Kier molecular flexibility index (Phi) is 5.22. The van der Waals surface area contributed by atoms with Crippen LogP contribution in [0.25, 0.3) is 0 Å². The lowest BCUT2D eigenvalue weighted by Gasteiger charge is -2.57. The predicted molar refractivity (Wildman–Crippen MR) is 115 cm³/mol. The first-order valence-electron chi connectivity index (χ1n) is 11.7. The van der Waals surface area contributed by atoms with Crippen LogP contribution in [-0.4, -0.2) is 66.4 Å². The van der Waals surface area contributed by atoms with Crippen molar-refractivity contribution in [2.45, 2.75) is 75.8 Å². The lowest BCUT2D eigenvalue weighted by Crippen LogP contribution is -2.63. The number of rotatable bonds is 5. The Bertz CT molecular complexity index is 909. The zero-order valence-electron chi connectivity index (χ0n) is 18.8. The number of carbonyl (C=O) groups is 1. The zero-order chi connectivity index (χ0) is 22.0. The van der Waals surface area contributed by atoms with Gasteiger partial charge in [0.1, 0.15) is 10.6 Å². The Morgan fingerprint density at radius 3 is 2.10 bits per heavy atom. The number of carbonyl (C=O) groups excluding carboxylic acids is 1. The van der Waals surface area contributed by atoms with Gasteiger partial charge in [0.05, 0.1) is 6.04 Å². The highest BCUT2D eigenvalue weighted by Gasteiger charge is 2.52. The SMILES string of the molecule is Cc1noc(C)c1S(=O)(=O)N1CCN([C@H](C)C(=O)NC23CC4CC(CC(C4)C2)C3)CC1. The number of hydrogen-bond acceptors (Lipinski definition) is 6. The standard InChI is InChI=1S/C22H34N4O4S/c1-14-20(16(3)30-24-14)31(28,29)26-6-4-25(5-7-26)15(2)21(27)23-22-11-17-8-18(12-22)10-19(9-17)13-22/h15,17-19H,4-13H2,1-3H3,(H,23,27)/t15-,17?,18?,19?,22?/m1/s1. The van der Waals surface area contributed by atoms with Crippen molar-refractivity contribution in [3.05, 3.63) is 11.5 Å². The van der Waals surface area contributed by atoms with Crippen LogP contribution in [0.1, 0.15) is 56.9 Å². The molecule has 4 bridgehead atoms. The van der Waals surface area contributed by atoms with Gasteiger partial charge >= 0.3 is 0 Å². The first-order chi connectivity index (χ1) is 14.7. The van der Waals surface area contributed by atoms with Gasteiger partial charge in [0.15, 0.2) is 5.76 Å². The summed E-state index contributed by atoms with van der Waals surface area (Å²) in [6.45, 7) is 7.03. The summed E-state index contributed by atoms with van der Waals surface area (Å²) in [6.07, 6.45) is 7.48. The lowest BCUT2D eigenvalue weighted by atomic mass is 9.53. The number of amides is 1. The second-order valence-electron chi connectivity index (χ2n) is 10.5. The fraction of sp³-hybridized carbons (Fsp3) is 0.818. The van der Waals surface area contributed by atoms with Crippen molar-refractivity contribution < 1.29 is 17.7 Å². The minimum absolute atomic E-state index is 0.00852. The van der Waals surface area contributed by atoms with Gasteiger partial charge < -0.3 is 9.84 Å². The van der Waals surface area contributed by atoms with Crippen molar-refractivity contribution in [3.63, 3.8) is 0 Å². The fourth-order valence-corrected chi connectivity index (χ4v) is 8.81. The van der Waals surface area contributed by atoms with Gasteiger partial charge in [0.25, 0.3) is 0 Å². The molecule has 1 aromatic rings. The maximum absolute atomic E-state index is 13.2. The summed E-state index contributed by atoms with van der Waals surface area (Å²) in [6, 6.07) is -0.253. The predicted octanol–water partition coefficient (Wildman–Crippen LogP) is 2.07. The van der Waals surface area contributed by atoms with Gasteiger partial charge in [-0.3, -0.25) is 9.69 Å². The van der Waals surface area contributed by atoms with Gasteiger partial charge in [0.2, 0.25) is 15.9 Å². The highest BCUT2D eigenvalue weighted by Crippen LogP contribution is 2.55. The maximum atomic E-state index is 13.2. The molecule has 5 aliphatic rings. The van der Waals surface area contributed by atoms with Crippen LogP contribution in [0.15, 0.2) is 9.42 Å². The topological polar surface area (TPSA) is 95.8 Å². The summed E-state index contributed by atoms with van der Waals surface area (Å²) in [5.74, 6) is 2.80. The molecule has 0 aromatic carbocycles. The van der Waals surface area contributed by atoms with E-state index in [-0.39, 0.29) is 22.4 Å². The zero-order valence-corrected chi connectivity index (χ0v) is 19.6. The molecule has 1 aromatic heterocycles. The lowest BCUT2D eigenvalue weighted by molar-refractivity contribution is -0.132. The normalized spacial score (nSPS) is 34.7. The van der Waals surface area contributed by atoms with Crippen LogP contribution in [0.3, 0.4) is 0 Å². The van der Waals surface area contributed by atoms with Crippen LogP contribution in [0, 0.1) is 31.6 Å². The summed E-state index contributed by atoms with van der Waals surface area (Å²) in [4.78, 5) is 15.5. The monoisotopic (exact) mass is 450 g/mol. The van der Waals surface area contributed by atoms with Gasteiger partial charge in [-0.2, -0.15) is 4.31 Å². The number of nitrogens with zero attached hydrogens (tertiary/aromatic N) is 3. The third-order valence-electron chi connectivity index (χ3n) is 8.19. The molecule has 8 nitrogen and oxygen atoms in total. The van der Waals surface area contributed by atoms with Gasteiger partial charge in [-0.05, 0) is 77.0 Å². The molecule has 0 unspecified atom stereocenters. The molecule has 1 amide bonds. The molecular formula is C22H34N4O4S. The highest BCUT2D eigenvalue weighted by molar-refractivity contribution is 7.89. The minimum Gasteiger partial charge on any atom is -0.360 e. The third kappa shape index (κ3) is 3.72. The number of aryl methyl sites for hydroxylation is 2. The summed E-state index contributed by atoms with van der Waals surface area (Å²) < 4.78 is 32.6. The van der Waals surface area contributed by atoms with Gasteiger partial charge in [-0.1, -0.05) is 5.16 Å². The number of aromatic nitrogens is 1. The number of piperazine rings is 1. The molecule has 1 aliphatic heterocycles. The summed E-state index contributed by atoms with van der Waals surface area (Å²) in [5, 5.41) is 7.26. The van der Waals surface area contributed by atoms with Crippen LogP contribution in [0.2, 0.25) is 0 Å². The van der Waals surface area contributed by atoms with E-state index in [4.69, 9.17) is 4.52 Å². The Morgan fingerprint density at radius 1 is 1.06 bits per heavy atom. The molecule has 4 saturated carbocycles. The van der Waals surface area contributed by atoms with E-state index < -0.39 is 10.0 Å². The first-order valence-corrected chi connectivity index (χ1v) is 13.1. The van der Waals surface area contributed by atoms with Gasteiger partial charge in [-0.15, -0.1) is 0 Å². The largest absolute Gasteiger partial charge is 0.360 e. The van der Waals surface area contributed by atoms with Crippen molar-refractivity contribution in [2.24, 2.45) is 17.8 Å². The van der Waals surface area contributed by atoms with Crippen LogP contribution in [0.5, 0.6) is 0 Å². The smallest absolute Gasteiger partial charge is 0.248 e. The van der Waals surface area contributed by atoms with Gasteiger partial charge in [-0.25, -0.2) is 8.42 Å². The van der Waals surface area contributed by atoms with E-state index in [1.54, 1.807) is 13.8 Å². The van der Waals surface area contributed by atoms with E-state index in [0.29, 0.717) is 37.6 Å². The Hall–Kier alpha value is -1.45. The number of nitrogens with one attached hydrogen (secondary N) is 1. The Balaban J connectivity index is 1.20. The van der Waals surface area contributed by atoms with E-state index in [1.807, 2.05) is 6.92 Å². The second kappa shape index (κ2) is 7.56. The summed E-state index contributed by atoms with van der Waals surface area (Å²) in [5.41, 5.74) is 0.400. The molecule has 6 rings (SSSR count). The van der Waals surface area contributed by atoms with E-state index in [1.165, 1.54) is 23.6 Å². The quantitative estimate of drug-likeness (QED) is 0.738. The average Bonchev–Trinajstić information content (AvgIpc) is 3.05. The van der Waals surface area contributed by atoms with E-state index >= 15 is 0 Å². The van der Waals surface area contributed by atoms with Crippen LogP contribution in [0.4, 0.5) is 0 Å². The van der Waals surface area contributed by atoms with E-state index in [9.17, 15) is 13.2 Å². The van der Waals surface area contributed by atoms with Crippen molar-refractivity contribution in [3.8, 4) is 0 Å². The highest BCUT2D eigenvalue weighted by atomic mass is 32.2. The molecule has 4 aliphatic carbocycles. The molecular weight excluding hydrogens is 416 g/mol. The molecule has 2 heterocycles. The Morgan fingerprint density at radius 2 is 1.61 bits per heavy atom.